The largest absolute Gasteiger partial charge is 0.310 e. The molecule has 0 saturated carbocycles. The number of hydrogen-bond acceptors (Lipinski definition) is 5. The Bertz CT molecular complexity index is 516. The van der Waals surface area contributed by atoms with Gasteiger partial charge in [0, 0.05) is 30.6 Å². The molecule has 1 aromatic heterocycles. The van der Waals surface area contributed by atoms with E-state index in [9.17, 15) is 8.42 Å². The van der Waals surface area contributed by atoms with Crippen molar-refractivity contribution in [1.82, 2.24) is 15.0 Å². The molecule has 7 heteroatoms. The number of sulfonamides is 1. The van der Waals surface area contributed by atoms with E-state index in [0.717, 1.165) is 17.7 Å². The molecule has 0 fully saturated rings. The van der Waals surface area contributed by atoms with Crippen LogP contribution in [0.2, 0.25) is 0 Å². The molecule has 0 aliphatic rings. The Morgan fingerprint density at radius 3 is 2.52 bits per heavy atom. The van der Waals surface area contributed by atoms with Crippen LogP contribution in [0.5, 0.6) is 0 Å². The van der Waals surface area contributed by atoms with E-state index >= 15 is 0 Å². The van der Waals surface area contributed by atoms with Crippen molar-refractivity contribution in [2.75, 3.05) is 12.0 Å². The van der Waals surface area contributed by atoms with Crippen molar-refractivity contribution < 1.29 is 8.42 Å². The van der Waals surface area contributed by atoms with E-state index in [1.54, 1.807) is 30.1 Å². The Labute approximate surface area is 132 Å². The normalized spacial score (nSPS) is 13.6. The van der Waals surface area contributed by atoms with Gasteiger partial charge in [-0.2, -0.15) is 11.8 Å². The second-order valence-electron chi connectivity index (χ2n) is 5.22. The fourth-order valence-corrected chi connectivity index (χ4v) is 3.79. The van der Waals surface area contributed by atoms with Gasteiger partial charge in [-0.15, -0.1) is 0 Å². The lowest BCUT2D eigenvalue weighted by Gasteiger charge is -2.15. The topological polar surface area (TPSA) is 71.1 Å². The summed E-state index contributed by atoms with van der Waals surface area (Å²) in [5.74, 6) is 0.756. The van der Waals surface area contributed by atoms with E-state index in [1.165, 1.54) is 0 Å². The van der Waals surface area contributed by atoms with Crippen LogP contribution in [-0.4, -0.2) is 37.5 Å². The fourth-order valence-electron chi connectivity index (χ4n) is 1.71. The number of aromatic nitrogens is 1. The molecular formula is C14H25N3O2S2. The zero-order valence-corrected chi connectivity index (χ0v) is 14.7. The Morgan fingerprint density at radius 1 is 1.33 bits per heavy atom. The van der Waals surface area contributed by atoms with E-state index in [2.05, 4.69) is 28.9 Å². The van der Waals surface area contributed by atoms with Gasteiger partial charge in [0.2, 0.25) is 0 Å². The first-order valence-corrected chi connectivity index (χ1v) is 9.96. The third-order valence-electron chi connectivity index (χ3n) is 2.97. The summed E-state index contributed by atoms with van der Waals surface area (Å²) in [6.45, 7) is 6.78. The standard InChI is InChI=1S/C14H25N3O2S2/c1-5-13(10-20-4)17-21(18,19)14-7-6-12(9-16-14)8-15-11(2)3/h6-7,9,11,13,15,17H,5,8,10H2,1-4H3. The molecule has 120 valence electrons. The average Bonchev–Trinajstić information content (AvgIpc) is 2.45. The zero-order valence-electron chi connectivity index (χ0n) is 13.1. The summed E-state index contributed by atoms with van der Waals surface area (Å²) >= 11 is 1.63. The second kappa shape index (κ2) is 8.73. The highest BCUT2D eigenvalue weighted by Gasteiger charge is 2.19. The maximum Gasteiger partial charge on any atom is 0.258 e. The fraction of sp³-hybridized carbons (Fsp3) is 0.643. The van der Waals surface area contributed by atoms with E-state index in [4.69, 9.17) is 0 Å². The van der Waals surface area contributed by atoms with Gasteiger partial charge >= 0.3 is 0 Å². The van der Waals surface area contributed by atoms with E-state index < -0.39 is 10.0 Å². The second-order valence-corrected chi connectivity index (χ2v) is 7.79. The maximum atomic E-state index is 12.3. The SMILES string of the molecule is CCC(CSC)NS(=O)(=O)c1ccc(CNC(C)C)cn1. The van der Waals surface area contributed by atoms with Crippen LogP contribution in [-0.2, 0) is 16.6 Å². The molecule has 1 heterocycles. The predicted molar refractivity (Wildman–Crippen MR) is 89.0 cm³/mol. The number of pyridine rings is 1. The van der Waals surface area contributed by atoms with Crippen molar-refractivity contribution in [2.24, 2.45) is 0 Å². The smallest absolute Gasteiger partial charge is 0.258 e. The van der Waals surface area contributed by atoms with Crippen LogP contribution in [0.25, 0.3) is 0 Å². The van der Waals surface area contributed by atoms with Crippen molar-refractivity contribution >= 4 is 21.8 Å². The molecule has 2 N–H and O–H groups in total. The van der Waals surface area contributed by atoms with Crippen molar-refractivity contribution in [3.63, 3.8) is 0 Å². The van der Waals surface area contributed by atoms with Crippen molar-refractivity contribution in [3.05, 3.63) is 23.9 Å². The van der Waals surface area contributed by atoms with Crippen LogP contribution in [0.3, 0.4) is 0 Å². The highest BCUT2D eigenvalue weighted by molar-refractivity contribution is 7.98. The number of nitrogens with one attached hydrogen (secondary N) is 2. The van der Waals surface area contributed by atoms with Crippen LogP contribution in [0.4, 0.5) is 0 Å². The quantitative estimate of drug-likeness (QED) is 0.724. The third-order valence-corrected chi connectivity index (χ3v) is 5.14. The van der Waals surface area contributed by atoms with E-state index in [-0.39, 0.29) is 11.1 Å². The number of nitrogens with zero attached hydrogens (tertiary/aromatic N) is 1. The van der Waals surface area contributed by atoms with Crippen LogP contribution in [0.1, 0.15) is 32.8 Å². The highest BCUT2D eigenvalue weighted by Crippen LogP contribution is 2.10. The summed E-state index contributed by atoms with van der Waals surface area (Å²) < 4.78 is 27.2. The Hall–Kier alpha value is -0.630. The van der Waals surface area contributed by atoms with Gasteiger partial charge in [0.1, 0.15) is 0 Å². The lowest BCUT2D eigenvalue weighted by Crippen LogP contribution is -2.36. The Kier molecular flexibility index (Phi) is 7.65. The van der Waals surface area contributed by atoms with E-state index in [0.29, 0.717) is 12.6 Å². The van der Waals surface area contributed by atoms with Crippen molar-refractivity contribution in [1.29, 1.82) is 0 Å². The summed E-state index contributed by atoms with van der Waals surface area (Å²) in [6.07, 6.45) is 4.33. The highest BCUT2D eigenvalue weighted by atomic mass is 32.2. The van der Waals surface area contributed by atoms with Crippen LogP contribution >= 0.6 is 11.8 Å². The molecule has 21 heavy (non-hydrogen) atoms. The Morgan fingerprint density at radius 2 is 2.05 bits per heavy atom. The molecule has 0 bridgehead atoms. The van der Waals surface area contributed by atoms with Gasteiger partial charge in [0.15, 0.2) is 5.03 Å². The molecule has 1 rings (SSSR count). The summed E-state index contributed by atoms with van der Waals surface area (Å²) in [6, 6.07) is 3.68. The van der Waals surface area contributed by atoms with Gasteiger partial charge in [0.05, 0.1) is 0 Å². The van der Waals surface area contributed by atoms with Crippen LogP contribution in [0.15, 0.2) is 23.4 Å². The number of rotatable bonds is 9. The first-order valence-electron chi connectivity index (χ1n) is 7.08. The molecule has 0 saturated heterocycles. The molecule has 5 nitrogen and oxygen atoms in total. The average molecular weight is 332 g/mol. The summed E-state index contributed by atoms with van der Waals surface area (Å²) in [7, 11) is -3.54. The third kappa shape index (κ3) is 6.34. The first-order chi connectivity index (χ1) is 9.89. The maximum absolute atomic E-state index is 12.3. The molecule has 0 amide bonds. The molecule has 1 atom stereocenters. The molecule has 0 radical (unpaired) electrons. The summed E-state index contributed by atoms with van der Waals surface area (Å²) in [5.41, 5.74) is 0.971. The Balaban J connectivity index is 2.75. The van der Waals surface area contributed by atoms with Crippen molar-refractivity contribution in [3.8, 4) is 0 Å². The van der Waals surface area contributed by atoms with Gasteiger partial charge in [-0.1, -0.05) is 26.8 Å². The van der Waals surface area contributed by atoms with Crippen LogP contribution in [0, 0.1) is 0 Å². The molecule has 0 aromatic carbocycles. The molecule has 0 spiro atoms. The lowest BCUT2D eigenvalue weighted by atomic mass is 10.2. The van der Waals surface area contributed by atoms with Gasteiger partial charge in [-0.3, -0.25) is 0 Å². The predicted octanol–water partition coefficient (Wildman–Crippen LogP) is 2.00. The van der Waals surface area contributed by atoms with Gasteiger partial charge < -0.3 is 5.32 Å². The molecule has 1 aromatic rings. The summed E-state index contributed by atoms with van der Waals surface area (Å²) in [4.78, 5) is 4.08. The minimum Gasteiger partial charge on any atom is -0.310 e. The van der Waals surface area contributed by atoms with Gasteiger partial charge in [-0.05, 0) is 24.3 Å². The minimum absolute atomic E-state index is 0.0610. The molecular weight excluding hydrogens is 306 g/mol. The van der Waals surface area contributed by atoms with Crippen molar-refractivity contribution in [2.45, 2.75) is 50.8 Å². The molecule has 0 aliphatic carbocycles. The monoisotopic (exact) mass is 331 g/mol. The van der Waals surface area contributed by atoms with Crippen LogP contribution < -0.4 is 10.0 Å². The lowest BCUT2D eigenvalue weighted by molar-refractivity contribution is 0.554. The van der Waals surface area contributed by atoms with E-state index in [1.807, 2.05) is 13.2 Å². The zero-order chi connectivity index (χ0) is 15.9. The van der Waals surface area contributed by atoms with Gasteiger partial charge in [-0.25, -0.2) is 18.1 Å². The number of thioether (sulfide) groups is 1. The molecule has 1 unspecified atom stereocenters. The minimum atomic E-state index is -3.54. The molecule has 0 aliphatic heterocycles. The summed E-state index contributed by atoms with van der Waals surface area (Å²) in [5, 5.41) is 3.35. The first kappa shape index (κ1) is 18.4. The van der Waals surface area contributed by atoms with Gasteiger partial charge in [0.25, 0.3) is 10.0 Å². The number of hydrogen-bond donors (Lipinski definition) is 2.